The number of aromatic amines is 1. The van der Waals surface area contributed by atoms with Crippen LogP contribution in [0, 0.1) is 0 Å². The van der Waals surface area contributed by atoms with E-state index < -0.39 is 21.9 Å². The molecule has 0 spiro atoms. The van der Waals surface area contributed by atoms with E-state index in [9.17, 15) is 18.0 Å². The van der Waals surface area contributed by atoms with Gasteiger partial charge in [0.1, 0.15) is 18.1 Å². The predicted molar refractivity (Wildman–Crippen MR) is 136 cm³/mol. The number of halogens is 2. The summed E-state index contributed by atoms with van der Waals surface area (Å²) in [5.74, 6) is -0.835. The van der Waals surface area contributed by atoms with Crippen LogP contribution in [0.1, 0.15) is 33.3 Å². The zero-order valence-electron chi connectivity index (χ0n) is 18.9. The summed E-state index contributed by atoms with van der Waals surface area (Å²) in [6, 6.07) is 17.0. The normalized spacial score (nSPS) is 11.3. The lowest BCUT2D eigenvalue weighted by molar-refractivity contribution is 0.0526. The topological polar surface area (TPSA) is 115 Å². The Kier molecular flexibility index (Phi) is 7.53. The molecule has 36 heavy (non-hydrogen) atoms. The molecule has 1 amide bonds. The average molecular weight is 547 g/mol. The number of H-pyrrole nitrogens is 1. The summed E-state index contributed by atoms with van der Waals surface area (Å²) in [7, 11) is -4.17. The third-order valence-electron chi connectivity index (χ3n) is 5.13. The quantitative estimate of drug-likeness (QED) is 0.288. The Bertz CT molecular complexity index is 1550. The van der Waals surface area contributed by atoms with Crippen LogP contribution in [0.4, 0.5) is 0 Å². The Morgan fingerprint density at radius 2 is 1.69 bits per heavy atom. The molecule has 8 nitrogen and oxygen atoms in total. The fraction of sp³-hybridized carbons (Fsp3) is 0.120. The molecule has 0 saturated heterocycles. The van der Waals surface area contributed by atoms with Gasteiger partial charge in [-0.1, -0.05) is 29.3 Å². The van der Waals surface area contributed by atoms with Gasteiger partial charge in [-0.05, 0) is 67.1 Å². The molecular formula is C25H20Cl2N2O6S. The second kappa shape index (κ2) is 10.6. The van der Waals surface area contributed by atoms with Gasteiger partial charge >= 0.3 is 5.97 Å². The summed E-state index contributed by atoms with van der Waals surface area (Å²) >= 11 is 11.9. The number of hydrogen-bond donors (Lipinski definition) is 2. The first-order chi connectivity index (χ1) is 17.2. The van der Waals surface area contributed by atoms with Crippen molar-refractivity contribution in [3.8, 4) is 5.75 Å². The first-order valence-corrected chi connectivity index (χ1v) is 12.9. The van der Waals surface area contributed by atoms with Crippen molar-refractivity contribution in [2.24, 2.45) is 0 Å². The molecule has 0 radical (unpaired) electrons. The van der Waals surface area contributed by atoms with Crippen LogP contribution in [-0.2, 0) is 21.4 Å². The van der Waals surface area contributed by atoms with Crippen molar-refractivity contribution in [3.05, 3.63) is 93.6 Å². The van der Waals surface area contributed by atoms with E-state index in [2.05, 4.69) is 4.98 Å². The van der Waals surface area contributed by atoms with Crippen LogP contribution < -0.4 is 9.46 Å². The minimum absolute atomic E-state index is 0.0688. The zero-order chi connectivity index (χ0) is 25.9. The maximum atomic E-state index is 12.7. The van der Waals surface area contributed by atoms with E-state index in [0.29, 0.717) is 26.7 Å². The van der Waals surface area contributed by atoms with Gasteiger partial charge in [-0.25, -0.2) is 17.9 Å². The summed E-state index contributed by atoms with van der Waals surface area (Å²) < 4.78 is 38.0. The van der Waals surface area contributed by atoms with Crippen LogP contribution >= 0.6 is 23.2 Å². The zero-order valence-corrected chi connectivity index (χ0v) is 21.2. The second-order valence-electron chi connectivity index (χ2n) is 7.65. The molecule has 11 heteroatoms. The molecule has 0 bridgehead atoms. The molecule has 0 aliphatic rings. The number of aromatic nitrogens is 1. The largest absolute Gasteiger partial charge is 0.489 e. The van der Waals surface area contributed by atoms with Gasteiger partial charge in [0.05, 0.1) is 27.1 Å². The van der Waals surface area contributed by atoms with Crippen molar-refractivity contribution in [1.29, 1.82) is 0 Å². The van der Waals surface area contributed by atoms with E-state index in [1.807, 2.05) is 16.9 Å². The van der Waals surface area contributed by atoms with Gasteiger partial charge in [0, 0.05) is 17.0 Å². The van der Waals surface area contributed by atoms with Crippen LogP contribution in [0.3, 0.4) is 0 Å². The summed E-state index contributed by atoms with van der Waals surface area (Å²) in [5.41, 5.74) is 1.75. The Labute approximate surface area is 217 Å². The number of benzene rings is 3. The summed E-state index contributed by atoms with van der Waals surface area (Å²) in [5, 5.41) is 1.52. The lowest BCUT2D eigenvalue weighted by atomic mass is 10.1. The fourth-order valence-corrected chi connectivity index (χ4v) is 4.60. The number of esters is 1. The number of nitrogens with one attached hydrogen (secondary N) is 2. The number of hydrogen-bond acceptors (Lipinski definition) is 6. The molecule has 1 heterocycles. The number of carbonyl (C=O) groups is 2. The average Bonchev–Trinajstić information content (AvgIpc) is 3.28. The number of ether oxygens (including phenoxy) is 2. The first kappa shape index (κ1) is 25.6. The molecule has 186 valence electrons. The number of sulfonamides is 1. The number of rotatable bonds is 8. The Hall–Kier alpha value is -3.53. The van der Waals surface area contributed by atoms with Gasteiger partial charge in [0.15, 0.2) is 0 Å². The number of fused-ring (bicyclic) bond motifs is 1. The molecule has 0 atom stereocenters. The lowest BCUT2D eigenvalue weighted by Gasteiger charge is -2.07. The summed E-state index contributed by atoms with van der Waals surface area (Å²) in [4.78, 5) is 27.2. The van der Waals surface area contributed by atoms with E-state index in [1.165, 1.54) is 24.3 Å². The van der Waals surface area contributed by atoms with Gasteiger partial charge in [-0.3, -0.25) is 4.79 Å². The molecule has 3 aromatic carbocycles. The third-order valence-corrected chi connectivity index (χ3v) is 7.22. The van der Waals surface area contributed by atoms with Crippen molar-refractivity contribution in [2.75, 3.05) is 6.61 Å². The van der Waals surface area contributed by atoms with Crippen LogP contribution in [0.5, 0.6) is 5.75 Å². The van der Waals surface area contributed by atoms with Crippen LogP contribution in [0.2, 0.25) is 10.0 Å². The predicted octanol–water partition coefficient (Wildman–Crippen LogP) is 5.35. The van der Waals surface area contributed by atoms with Gasteiger partial charge in [-0.2, -0.15) is 0 Å². The van der Waals surface area contributed by atoms with Gasteiger partial charge < -0.3 is 14.5 Å². The summed E-state index contributed by atoms with van der Waals surface area (Å²) in [6.07, 6.45) is 0. The molecule has 0 unspecified atom stereocenters. The van der Waals surface area contributed by atoms with Gasteiger partial charge in [0.25, 0.3) is 15.9 Å². The number of carbonyl (C=O) groups excluding carboxylic acids is 2. The van der Waals surface area contributed by atoms with Crippen LogP contribution in [0.15, 0.2) is 71.6 Å². The van der Waals surface area contributed by atoms with Crippen molar-refractivity contribution >= 4 is 56.0 Å². The van der Waals surface area contributed by atoms with Crippen molar-refractivity contribution in [1.82, 2.24) is 9.71 Å². The van der Waals surface area contributed by atoms with E-state index >= 15 is 0 Å². The Morgan fingerprint density at radius 3 is 2.39 bits per heavy atom. The summed E-state index contributed by atoms with van der Waals surface area (Å²) in [6.45, 7) is 2.12. The monoisotopic (exact) mass is 546 g/mol. The molecule has 0 aliphatic heterocycles. The molecule has 4 aromatic rings. The van der Waals surface area contributed by atoms with Gasteiger partial charge in [-0.15, -0.1) is 0 Å². The van der Waals surface area contributed by atoms with Gasteiger partial charge in [0.2, 0.25) is 0 Å². The first-order valence-electron chi connectivity index (χ1n) is 10.7. The maximum Gasteiger partial charge on any atom is 0.338 e. The molecule has 0 saturated carbocycles. The lowest BCUT2D eigenvalue weighted by Crippen LogP contribution is -2.30. The Morgan fingerprint density at radius 1 is 0.944 bits per heavy atom. The van der Waals surface area contributed by atoms with E-state index in [1.54, 1.807) is 37.3 Å². The van der Waals surface area contributed by atoms with Crippen LogP contribution in [0.25, 0.3) is 10.9 Å². The highest BCUT2D eigenvalue weighted by Crippen LogP contribution is 2.27. The Balaban J connectivity index is 1.45. The minimum Gasteiger partial charge on any atom is -0.489 e. The molecule has 1 aromatic heterocycles. The highest BCUT2D eigenvalue weighted by atomic mass is 35.5. The standard InChI is InChI=1S/C25H20Cl2N2O6S/c1-2-34-25(31)16-4-7-19(8-5-16)36(32,33)29-24(30)23-12-17-11-15(3-10-22(17)28-23)14-35-18-6-9-20(26)21(27)13-18/h3-13,28H,2,14H2,1H3,(H,29,30). The van der Waals surface area contributed by atoms with Crippen molar-refractivity contribution in [3.63, 3.8) is 0 Å². The van der Waals surface area contributed by atoms with E-state index in [0.717, 1.165) is 5.56 Å². The fourth-order valence-electron chi connectivity index (χ4n) is 3.35. The third kappa shape index (κ3) is 5.81. The second-order valence-corrected chi connectivity index (χ2v) is 10.1. The van der Waals surface area contributed by atoms with E-state index in [-0.39, 0.29) is 29.4 Å². The SMILES string of the molecule is CCOC(=O)c1ccc(S(=O)(=O)NC(=O)c2cc3cc(COc4ccc(Cl)c(Cl)c4)ccc3[nH]2)cc1. The van der Waals surface area contributed by atoms with E-state index in [4.69, 9.17) is 32.7 Å². The molecule has 4 rings (SSSR count). The molecular weight excluding hydrogens is 527 g/mol. The van der Waals surface area contributed by atoms with Crippen molar-refractivity contribution < 1.29 is 27.5 Å². The molecule has 2 N–H and O–H groups in total. The highest BCUT2D eigenvalue weighted by Gasteiger charge is 2.21. The smallest absolute Gasteiger partial charge is 0.338 e. The highest BCUT2D eigenvalue weighted by molar-refractivity contribution is 7.90. The molecule has 0 aliphatic carbocycles. The number of amides is 1. The molecule has 0 fully saturated rings. The van der Waals surface area contributed by atoms with Crippen LogP contribution in [-0.4, -0.2) is 31.9 Å². The van der Waals surface area contributed by atoms with Crippen molar-refractivity contribution in [2.45, 2.75) is 18.4 Å². The minimum atomic E-state index is -4.17. The maximum absolute atomic E-state index is 12.7.